The zero-order valence-electron chi connectivity index (χ0n) is 19.3. The normalized spacial score (nSPS) is 29.1. The van der Waals surface area contributed by atoms with Crippen LogP contribution in [0.3, 0.4) is 0 Å². The Kier molecular flexibility index (Phi) is 14.6. The average molecular weight is 591 g/mol. The second kappa shape index (κ2) is 17.0. The molecule has 0 saturated carbocycles. The summed E-state index contributed by atoms with van der Waals surface area (Å²) in [4.78, 5) is 0. The van der Waals surface area contributed by atoms with Crippen LogP contribution in [0.4, 0.5) is 0 Å². The Bertz CT molecular complexity index is 475. The van der Waals surface area contributed by atoms with Crippen LogP contribution in [0.1, 0.15) is 0 Å². The molecule has 0 amide bonds. The van der Waals surface area contributed by atoms with Gasteiger partial charge in [-0.3, -0.25) is 0 Å². The fourth-order valence-electron chi connectivity index (χ4n) is 2.92. The summed E-state index contributed by atoms with van der Waals surface area (Å²) in [5, 5.41) is 1.51. The average Bonchev–Trinajstić information content (AvgIpc) is 3.62. The van der Waals surface area contributed by atoms with Crippen molar-refractivity contribution < 1.29 is 18.9 Å². The van der Waals surface area contributed by atoms with Gasteiger partial charge in [-0.05, 0) is 0 Å². The van der Waals surface area contributed by atoms with E-state index in [0.29, 0.717) is 24.4 Å². The number of thioether (sulfide) groups is 7. The standard InChI is InChI=1S/C22H38O4S7/c1(27-9-17-5-23-17)3-32-21(13-29-11-19-7-25-19)15-31-16-22(14-30-12-20-8-26-20)33-4-2-28-10-18-6-24-18/h17-22H,1-16H2. The molecule has 0 N–H and O–H groups in total. The first kappa shape index (κ1) is 28.3. The molecule has 6 unspecified atom stereocenters. The van der Waals surface area contributed by atoms with Crippen LogP contribution in [-0.4, -0.2) is 130 Å². The van der Waals surface area contributed by atoms with E-state index in [0.717, 1.165) is 36.9 Å². The summed E-state index contributed by atoms with van der Waals surface area (Å²) in [5.74, 6) is 14.8. The van der Waals surface area contributed by atoms with Crippen molar-refractivity contribution in [3.05, 3.63) is 0 Å². The second-order valence-corrected chi connectivity index (χ2v) is 16.9. The largest absolute Gasteiger partial charge is 0.372 e. The van der Waals surface area contributed by atoms with Gasteiger partial charge < -0.3 is 18.9 Å². The number of epoxide rings is 4. The lowest BCUT2D eigenvalue weighted by Gasteiger charge is -2.19. The zero-order chi connectivity index (χ0) is 22.6. The van der Waals surface area contributed by atoms with Crippen molar-refractivity contribution in [1.29, 1.82) is 0 Å². The van der Waals surface area contributed by atoms with E-state index in [1.54, 1.807) is 0 Å². The van der Waals surface area contributed by atoms with Gasteiger partial charge in [-0.2, -0.15) is 82.3 Å². The van der Waals surface area contributed by atoms with Crippen LogP contribution in [-0.2, 0) is 18.9 Å². The maximum Gasteiger partial charge on any atom is 0.0900 e. The lowest BCUT2D eigenvalue weighted by molar-refractivity contribution is 0.426. The van der Waals surface area contributed by atoms with Crippen LogP contribution in [0.15, 0.2) is 0 Å². The van der Waals surface area contributed by atoms with Gasteiger partial charge in [0, 0.05) is 79.5 Å². The maximum atomic E-state index is 5.40. The molecular weight excluding hydrogens is 553 g/mol. The zero-order valence-corrected chi connectivity index (χ0v) is 25.0. The van der Waals surface area contributed by atoms with Gasteiger partial charge in [0.25, 0.3) is 0 Å². The SMILES string of the molecule is C(CSC(CSCC1CO1)CSCC(CSCC1CO1)SCCSCC1CO1)SCC1CO1. The van der Waals surface area contributed by atoms with E-state index in [-0.39, 0.29) is 0 Å². The molecule has 192 valence electrons. The summed E-state index contributed by atoms with van der Waals surface area (Å²) in [7, 11) is 0. The van der Waals surface area contributed by atoms with E-state index in [2.05, 4.69) is 82.3 Å². The predicted molar refractivity (Wildman–Crippen MR) is 158 cm³/mol. The molecule has 0 aromatic heterocycles. The number of ether oxygens (including phenoxy) is 4. The molecular formula is C22H38O4S7. The molecule has 4 rings (SSSR count). The monoisotopic (exact) mass is 590 g/mol. The van der Waals surface area contributed by atoms with Crippen LogP contribution in [0.2, 0.25) is 0 Å². The highest BCUT2D eigenvalue weighted by Gasteiger charge is 2.25. The summed E-state index contributed by atoms with van der Waals surface area (Å²) in [6, 6.07) is 0. The van der Waals surface area contributed by atoms with Crippen molar-refractivity contribution in [2.45, 2.75) is 34.9 Å². The molecule has 11 heteroatoms. The molecule has 33 heavy (non-hydrogen) atoms. The van der Waals surface area contributed by atoms with Crippen molar-refractivity contribution in [2.75, 3.05) is 95.5 Å². The number of hydrogen-bond donors (Lipinski definition) is 0. The van der Waals surface area contributed by atoms with Gasteiger partial charge in [0.2, 0.25) is 0 Å². The Morgan fingerprint density at radius 1 is 0.455 bits per heavy atom. The summed E-state index contributed by atoms with van der Waals surface area (Å²) >= 11 is 14.9. The first-order valence-corrected chi connectivity index (χ1v) is 19.8. The van der Waals surface area contributed by atoms with E-state index in [1.807, 2.05) is 0 Å². The van der Waals surface area contributed by atoms with Gasteiger partial charge in [0.15, 0.2) is 0 Å². The van der Waals surface area contributed by atoms with Crippen molar-refractivity contribution in [2.24, 2.45) is 0 Å². The van der Waals surface area contributed by atoms with Gasteiger partial charge in [0.1, 0.15) is 0 Å². The van der Waals surface area contributed by atoms with E-state index in [1.165, 1.54) is 69.0 Å². The minimum absolute atomic E-state index is 0.542. The Morgan fingerprint density at radius 3 is 1.15 bits per heavy atom. The Hall–Kier alpha value is 2.29. The van der Waals surface area contributed by atoms with Gasteiger partial charge in [-0.25, -0.2) is 0 Å². The van der Waals surface area contributed by atoms with Crippen molar-refractivity contribution in [3.8, 4) is 0 Å². The molecule has 0 aromatic carbocycles. The minimum atomic E-state index is 0.542. The lowest BCUT2D eigenvalue weighted by atomic mass is 10.5. The topological polar surface area (TPSA) is 50.1 Å². The molecule has 0 bridgehead atoms. The molecule has 0 aliphatic carbocycles. The fraction of sp³-hybridized carbons (Fsp3) is 1.00. The minimum Gasteiger partial charge on any atom is -0.372 e. The molecule has 4 nitrogen and oxygen atoms in total. The van der Waals surface area contributed by atoms with Gasteiger partial charge >= 0.3 is 0 Å². The van der Waals surface area contributed by atoms with Crippen LogP contribution >= 0.6 is 82.3 Å². The molecule has 6 atom stereocenters. The summed E-state index contributed by atoms with van der Waals surface area (Å²) in [6.07, 6.45) is 2.19. The van der Waals surface area contributed by atoms with Crippen molar-refractivity contribution in [1.82, 2.24) is 0 Å². The quantitative estimate of drug-likeness (QED) is 0.118. The third-order valence-electron chi connectivity index (χ3n) is 5.20. The Balaban J connectivity index is 1.09. The molecule has 4 saturated heterocycles. The van der Waals surface area contributed by atoms with Gasteiger partial charge in [-0.15, -0.1) is 0 Å². The Morgan fingerprint density at radius 2 is 0.788 bits per heavy atom. The maximum absolute atomic E-state index is 5.40. The highest BCUT2D eigenvalue weighted by atomic mass is 32.2. The van der Waals surface area contributed by atoms with E-state index in [4.69, 9.17) is 18.9 Å². The summed E-state index contributed by atoms with van der Waals surface area (Å²) < 4.78 is 21.5. The van der Waals surface area contributed by atoms with Crippen LogP contribution in [0.25, 0.3) is 0 Å². The van der Waals surface area contributed by atoms with Crippen LogP contribution < -0.4 is 0 Å². The smallest absolute Gasteiger partial charge is 0.0900 e. The van der Waals surface area contributed by atoms with E-state index < -0.39 is 0 Å². The molecule has 0 aromatic rings. The number of hydrogen-bond acceptors (Lipinski definition) is 11. The lowest BCUT2D eigenvalue weighted by Crippen LogP contribution is -2.17. The van der Waals surface area contributed by atoms with Crippen LogP contribution in [0.5, 0.6) is 0 Å². The first-order valence-electron chi connectivity index (χ1n) is 11.9. The molecule has 0 spiro atoms. The summed E-state index contributed by atoms with van der Waals surface area (Å²) in [6.45, 7) is 3.93. The highest BCUT2D eigenvalue weighted by Crippen LogP contribution is 2.29. The van der Waals surface area contributed by atoms with Crippen LogP contribution in [0, 0.1) is 0 Å². The third-order valence-corrected chi connectivity index (χ3v) is 15.0. The van der Waals surface area contributed by atoms with Crippen molar-refractivity contribution in [3.63, 3.8) is 0 Å². The molecule has 0 radical (unpaired) electrons. The van der Waals surface area contributed by atoms with E-state index >= 15 is 0 Å². The van der Waals surface area contributed by atoms with Crippen molar-refractivity contribution >= 4 is 82.3 Å². The fourth-order valence-corrected chi connectivity index (χ4v) is 12.4. The predicted octanol–water partition coefficient (Wildman–Crippen LogP) is 4.45. The molecule has 4 aliphatic heterocycles. The van der Waals surface area contributed by atoms with E-state index in [9.17, 15) is 0 Å². The van der Waals surface area contributed by atoms with Gasteiger partial charge in [0.05, 0.1) is 50.8 Å². The number of rotatable bonds is 24. The highest BCUT2D eigenvalue weighted by molar-refractivity contribution is 8.07. The Labute approximate surface area is 230 Å². The first-order chi connectivity index (χ1) is 16.3. The third kappa shape index (κ3) is 15.3. The van der Waals surface area contributed by atoms with Gasteiger partial charge in [-0.1, -0.05) is 0 Å². The summed E-state index contributed by atoms with van der Waals surface area (Å²) in [5.41, 5.74) is 0. The second-order valence-electron chi connectivity index (χ2n) is 8.57. The molecule has 4 aliphatic rings. The molecule has 4 fully saturated rings. The molecule has 4 heterocycles.